The zero-order chi connectivity index (χ0) is 10.3. The van der Waals surface area contributed by atoms with Crippen molar-refractivity contribution in [2.75, 3.05) is 34.4 Å². The molecule has 1 atom stereocenters. The maximum atomic E-state index is 8.59. The van der Waals surface area contributed by atoms with Gasteiger partial charge in [0.05, 0.1) is 12.0 Å². The third-order valence-corrected chi connectivity index (χ3v) is 1.79. The molecule has 0 fully saturated rings. The zero-order valence-electron chi connectivity index (χ0n) is 8.78. The summed E-state index contributed by atoms with van der Waals surface area (Å²) in [5, 5.41) is 8.59. The van der Waals surface area contributed by atoms with E-state index in [1.807, 2.05) is 18.9 Å². The summed E-state index contributed by atoms with van der Waals surface area (Å²) in [6.45, 7) is 3.31. The van der Waals surface area contributed by atoms with E-state index in [0.29, 0.717) is 6.54 Å². The van der Waals surface area contributed by atoms with Crippen molar-refractivity contribution in [1.82, 2.24) is 4.90 Å². The van der Waals surface area contributed by atoms with Crippen molar-refractivity contribution in [3.63, 3.8) is 0 Å². The van der Waals surface area contributed by atoms with E-state index in [9.17, 15) is 0 Å². The summed E-state index contributed by atoms with van der Waals surface area (Å²) < 4.78 is 10.1. The summed E-state index contributed by atoms with van der Waals surface area (Å²) >= 11 is 0. The van der Waals surface area contributed by atoms with Gasteiger partial charge in [-0.1, -0.05) is 0 Å². The smallest absolute Gasteiger partial charge is 0.169 e. The number of nitriles is 1. The molecule has 0 radical (unpaired) electrons. The fourth-order valence-electron chi connectivity index (χ4n) is 1.08. The second-order valence-electron chi connectivity index (χ2n) is 3.15. The van der Waals surface area contributed by atoms with Crippen LogP contribution in [0.2, 0.25) is 0 Å². The third kappa shape index (κ3) is 5.58. The number of nitrogens with zero attached hydrogens (tertiary/aromatic N) is 2. The lowest BCUT2D eigenvalue weighted by molar-refractivity contribution is -0.114. The Kier molecular flexibility index (Phi) is 6.51. The summed E-state index contributed by atoms with van der Waals surface area (Å²) in [4.78, 5) is 2.02. The lowest BCUT2D eigenvalue weighted by Gasteiger charge is -2.22. The monoisotopic (exact) mass is 186 g/mol. The Bertz CT molecular complexity index is 163. The first kappa shape index (κ1) is 12.4. The van der Waals surface area contributed by atoms with E-state index in [2.05, 4.69) is 6.07 Å². The van der Waals surface area contributed by atoms with Crippen molar-refractivity contribution in [2.24, 2.45) is 5.92 Å². The van der Waals surface area contributed by atoms with Crippen molar-refractivity contribution in [2.45, 2.75) is 13.2 Å². The van der Waals surface area contributed by atoms with Gasteiger partial charge >= 0.3 is 0 Å². The predicted molar refractivity (Wildman–Crippen MR) is 50.1 cm³/mol. The van der Waals surface area contributed by atoms with Gasteiger partial charge in [-0.3, -0.25) is 0 Å². The molecule has 0 saturated carbocycles. The summed E-state index contributed by atoms with van der Waals surface area (Å²) in [5.74, 6) is 0.0411. The molecular weight excluding hydrogens is 168 g/mol. The molecule has 0 aromatic carbocycles. The molecule has 4 heteroatoms. The minimum Gasteiger partial charge on any atom is -0.355 e. The molecule has 0 bridgehead atoms. The minimum absolute atomic E-state index is 0.0411. The molecule has 1 unspecified atom stereocenters. The average molecular weight is 186 g/mol. The Hall–Kier alpha value is -0.630. The Morgan fingerprint density at radius 1 is 1.31 bits per heavy atom. The normalized spacial score (nSPS) is 13.3. The van der Waals surface area contributed by atoms with Gasteiger partial charge in [-0.2, -0.15) is 5.26 Å². The Morgan fingerprint density at radius 2 is 1.85 bits per heavy atom. The van der Waals surface area contributed by atoms with Crippen molar-refractivity contribution in [3.05, 3.63) is 0 Å². The maximum Gasteiger partial charge on any atom is 0.169 e. The van der Waals surface area contributed by atoms with Crippen molar-refractivity contribution in [3.8, 4) is 6.07 Å². The highest BCUT2D eigenvalue weighted by molar-refractivity contribution is 4.80. The van der Waals surface area contributed by atoms with Gasteiger partial charge in [-0.05, 0) is 14.0 Å². The molecule has 0 aliphatic carbocycles. The molecule has 0 aliphatic heterocycles. The first-order valence-corrected chi connectivity index (χ1v) is 4.27. The van der Waals surface area contributed by atoms with E-state index in [-0.39, 0.29) is 12.2 Å². The van der Waals surface area contributed by atoms with Gasteiger partial charge < -0.3 is 14.4 Å². The SMILES string of the molecule is COC(CN(C)CC(C)C#N)OC. The van der Waals surface area contributed by atoms with Gasteiger partial charge in [0.25, 0.3) is 0 Å². The first-order valence-electron chi connectivity index (χ1n) is 4.27. The van der Waals surface area contributed by atoms with Gasteiger partial charge in [0.2, 0.25) is 0 Å². The molecule has 0 saturated heterocycles. The van der Waals surface area contributed by atoms with Crippen LogP contribution in [0.25, 0.3) is 0 Å². The molecule has 0 aliphatic rings. The second-order valence-corrected chi connectivity index (χ2v) is 3.15. The van der Waals surface area contributed by atoms with Gasteiger partial charge in [0.1, 0.15) is 0 Å². The summed E-state index contributed by atoms with van der Waals surface area (Å²) in [6, 6.07) is 2.18. The summed E-state index contributed by atoms with van der Waals surface area (Å²) in [7, 11) is 5.16. The number of methoxy groups -OCH3 is 2. The summed E-state index contributed by atoms with van der Waals surface area (Å²) in [6.07, 6.45) is -0.212. The molecule has 76 valence electrons. The van der Waals surface area contributed by atoms with Crippen molar-refractivity contribution in [1.29, 1.82) is 5.26 Å². The molecule has 0 rings (SSSR count). The second kappa shape index (κ2) is 6.84. The lowest BCUT2D eigenvalue weighted by atomic mass is 10.2. The van der Waals surface area contributed by atoms with Crippen LogP contribution in [0.15, 0.2) is 0 Å². The Labute approximate surface area is 80.0 Å². The third-order valence-electron chi connectivity index (χ3n) is 1.79. The van der Waals surface area contributed by atoms with E-state index >= 15 is 0 Å². The van der Waals surface area contributed by atoms with Gasteiger partial charge in [0.15, 0.2) is 6.29 Å². The van der Waals surface area contributed by atoms with Gasteiger partial charge in [0, 0.05) is 27.3 Å². The molecule has 0 heterocycles. The number of hydrogen-bond donors (Lipinski definition) is 0. The number of rotatable bonds is 6. The standard InChI is InChI=1S/C9H18N2O2/c1-8(5-10)6-11(2)7-9(12-3)13-4/h8-9H,6-7H2,1-4H3. The van der Waals surface area contributed by atoms with E-state index in [4.69, 9.17) is 14.7 Å². The van der Waals surface area contributed by atoms with E-state index in [1.54, 1.807) is 14.2 Å². The summed E-state index contributed by atoms with van der Waals surface area (Å²) in [5.41, 5.74) is 0. The zero-order valence-corrected chi connectivity index (χ0v) is 8.78. The Balaban J connectivity index is 3.73. The van der Waals surface area contributed by atoms with E-state index in [0.717, 1.165) is 6.54 Å². The minimum atomic E-state index is -0.212. The van der Waals surface area contributed by atoms with E-state index in [1.165, 1.54) is 0 Å². The number of hydrogen-bond acceptors (Lipinski definition) is 4. The molecule has 0 N–H and O–H groups in total. The largest absolute Gasteiger partial charge is 0.355 e. The maximum absolute atomic E-state index is 8.59. The molecule has 0 aromatic rings. The van der Waals surface area contributed by atoms with Crippen LogP contribution in [-0.2, 0) is 9.47 Å². The number of ether oxygens (including phenoxy) is 2. The van der Waals surface area contributed by atoms with Crippen molar-refractivity contribution >= 4 is 0 Å². The number of likely N-dealkylation sites (N-methyl/N-ethyl adjacent to an activating group) is 1. The average Bonchev–Trinajstić information content (AvgIpc) is 2.13. The predicted octanol–water partition coefficient (Wildman–Crippen LogP) is 0.697. The molecule has 0 aromatic heterocycles. The van der Waals surface area contributed by atoms with Gasteiger partial charge in [-0.15, -0.1) is 0 Å². The Morgan fingerprint density at radius 3 is 2.23 bits per heavy atom. The molecule has 0 amide bonds. The van der Waals surface area contributed by atoms with Crippen LogP contribution in [0.3, 0.4) is 0 Å². The fraction of sp³-hybridized carbons (Fsp3) is 0.889. The molecule has 13 heavy (non-hydrogen) atoms. The van der Waals surface area contributed by atoms with Crippen LogP contribution in [0.5, 0.6) is 0 Å². The highest BCUT2D eigenvalue weighted by atomic mass is 16.7. The van der Waals surface area contributed by atoms with Crippen LogP contribution in [0.1, 0.15) is 6.92 Å². The fourth-order valence-corrected chi connectivity index (χ4v) is 1.08. The van der Waals surface area contributed by atoms with Gasteiger partial charge in [-0.25, -0.2) is 0 Å². The van der Waals surface area contributed by atoms with E-state index < -0.39 is 0 Å². The first-order chi connectivity index (χ1) is 6.13. The highest BCUT2D eigenvalue weighted by Crippen LogP contribution is 1.99. The van der Waals surface area contributed by atoms with Crippen LogP contribution in [0, 0.1) is 17.2 Å². The van der Waals surface area contributed by atoms with Crippen LogP contribution in [-0.4, -0.2) is 45.5 Å². The highest BCUT2D eigenvalue weighted by Gasteiger charge is 2.11. The topological polar surface area (TPSA) is 45.5 Å². The molecule has 4 nitrogen and oxygen atoms in total. The quantitative estimate of drug-likeness (QED) is 0.573. The molecule has 0 spiro atoms. The molecular formula is C9H18N2O2. The van der Waals surface area contributed by atoms with Crippen LogP contribution in [0.4, 0.5) is 0 Å². The van der Waals surface area contributed by atoms with Crippen LogP contribution < -0.4 is 0 Å². The lowest BCUT2D eigenvalue weighted by Crippen LogP contribution is -2.34. The van der Waals surface area contributed by atoms with Crippen molar-refractivity contribution < 1.29 is 9.47 Å². The van der Waals surface area contributed by atoms with Crippen LogP contribution >= 0.6 is 0 Å².